The number of unbranched alkanes of at least 4 members (excludes halogenated alkanes) is 2. The van der Waals surface area contributed by atoms with Crippen molar-refractivity contribution in [1.82, 2.24) is 0 Å². The largest absolute Gasteiger partial charge is 0.358 e. The summed E-state index contributed by atoms with van der Waals surface area (Å²) in [4.78, 5) is 0. The summed E-state index contributed by atoms with van der Waals surface area (Å²) in [5, 5.41) is 0. The van der Waals surface area contributed by atoms with Crippen molar-refractivity contribution < 1.29 is 35.5 Å². The van der Waals surface area contributed by atoms with Gasteiger partial charge in [0.1, 0.15) is 11.6 Å². The molecule has 3 aromatic carbocycles. The third-order valence-corrected chi connectivity index (χ3v) is 9.58. The molecule has 0 heterocycles. The molecule has 2 aliphatic rings. The first-order chi connectivity index (χ1) is 21.1. The minimum absolute atomic E-state index is 0.00652. The Hall–Kier alpha value is -2.87. The molecule has 44 heavy (non-hydrogen) atoms. The van der Waals surface area contributed by atoms with Crippen LogP contribution in [-0.4, -0.2) is 12.2 Å². The second-order valence-corrected chi connectivity index (χ2v) is 12.6. The molecule has 0 aliphatic heterocycles. The van der Waals surface area contributed by atoms with Crippen molar-refractivity contribution in [3.05, 3.63) is 83.2 Å². The molecule has 0 radical (unpaired) electrons. The van der Waals surface area contributed by atoms with Crippen LogP contribution in [0.3, 0.4) is 0 Å². The Morgan fingerprint density at radius 1 is 0.659 bits per heavy atom. The lowest BCUT2D eigenvalue weighted by atomic mass is 9.79. The molecule has 0 spiro atoms. The number of ether oxygens (including phenoxy) is 1. The van der Waals surface area contributed by atoms with Crippen molar-refractivity contribution in [3.63, 3.8) is 0 Å². The summed E-state index contributed by atoms with van der Waals surface area (Å²) in [6.07, 6.45) is 5.80. The van der Waals surface area contributed by atoms with Crippen LogP contribution in [-0.2, 0) is 4.74 Å². The van der Waals surface area contributed by atoms with Crippen molar-refractivity contribution >= 4 is 0 Å². The van der Waals surface area contributed by atoms with Crippen LogP contribution in [0, 0.1) is 40.9 Å². The predicted octanol–water partition coefficient (Wildman–Crippen LogP) is 11.7. The number of alkyl halides is 2. The zero-order valence-electron chi connectivity index (χ0n) is 25.0. The molecule has 0 N–H and O–H groups in total. The van der Waals surface area contributed by atoms with Gasteiger partial charge in [-0.05, 0) is 104 Å². The van der Waals surface area contributed by atoms with Gasteiger partial charge in [-0.25, -0.2) is 22.0 Å². The van der Waals surface area contributed by atoms with Crippen molar-refractivity contribution in [2.45, 2.75) is 102 Å². The summed E-state index contributed by atoms with van der Waals surface area (Å²) in [6, 6.07) is 9.86. The van der Waals surface area contributed by atoms with Crippen LogP contribution >= 0.6 is 0 Å². The van der Waals surface area contributed by atoms with Gasteiger partial charge in [-0.15, -0.1) is 0 Å². The van der Waals surface area contributed by atoms with Crippen LogP contribution in [0.25, 0.3) is 22.3 Å². The zero-order valence-corrected chi connectivity index (χ0v) is 25.0. The third kappa shape index (κ3) is 7.49. The second kappa shape index (κ2) is 14.1. The highest BCUT2D eigenvalue weighted by Crippen LogP contribution is 2.44. The van der Waals surface area contributed by atoms with Gasteiger partial charge in [0.2, 0.25) is 0 Å². The van der Waals surface area contributed by atoms with Gasteiger partial charge in [0, 0.05) is 11.1 Å². The summed E-state index contributed by atoms with van der Waals surface area (Å²) < 4.78 is 106. The lowest BCUT2D eigenvalue weighted by molar-refractivity contribution is -0.301. The molecule has 3 aromatic rings. The van der Waals surface area contributed by atoms with E-state index in [9.17, 15) is 17.6 Å². The van der Waals surface area contributed by atoms with Gasteiger partial charge in [0.15, 0.2) is 17.5 Å². The molecule has 1 nitrogen and oxygen atoms in total. The van der Waals surface area contributed by atoms with Crippen LogP contribution in [0.4, 0.5) is 30.7 Å². The van der Waals surface area contributed by atoms with Gasteiger partial charge >= 0.3 is 6.11 Å². The average Bonchev–Trinajstić information content (AvgIpc) is 3.00. The van der Waals surface area contributed by atoms with E-state index in [2.05, 4.69) is 6.92 Å². The highest BCUT2D eigenvalue weighted by molar-refractivity contribution is 5.71. The van der Waals surface area contributed by atoms with Crippen LogP contribution in [0.15, 0.2) is 48.5 Å². The highest BCUT2D eigenvalue weighted by atomic mass is 19.3. The molecular formula is C36H39F7O. The highest BCUT2D eigenvalue weighted by Gasteiger charge is 2.44. The van der Waals surface area contributed by atoms with E-state index >= 15 is 13.2 Å². The monoisotopic (exact) mass is 620 g/mol. The Morgan fingerprint density at radius 3 is 1.86 bits per heavy atom. The van der Waals surface area contributed by atoms with Crippen molar-refractivity contribution in [1.29, 1.82) is 0 Å². The molecule has 0 amide bonds. The van der Waals surface area contributed by atoms with E-state index in [0.717, 1.165) is 37.3 Å². The van der Waals surface area contributed by atoms with E-state index in [0.29, 0.717) is 56.6 Å². The van der Waals surface area contributed by atoms with Crippen LogP contribution in [0.1, 0.15) is 95.5 Å². The summed E-state index contributed by atoms with van der Waals surface area (Å²) in [6.45, 7) is 2.16. The predicted molar refractivity (Wildman–Crippen MR) is 158 cm³/mol. The first-order valence-electron chi connectivity index (χ1n) is 15.9. The molecule has 2 saturated carbocycles. The summed E-state index contributed by atoms with van der Waals surface area (Å²) >= 11 is 0. The molecule has 2 fully saturated rings. The van der Waals surface area contributed by atoms with Crippen LogP contribution in [0.2, 0.25) is 0 Å². The lowest BCUT2D eigenvalue weighted by Gasteiger charge is -2.37. The Labute approximate surface area is 254 Å². The van der Waals surface area contributed by atoms with E-state index in [1.807, 2.05) is 0 Å². The van der Waals surface area contributed by atoms with E-state index in [-0.39, 0.29) is 28.2 Å². The number of halogens is 7. The molecular weight excluding hydrogens is 581 g/mol. The second-order valence-electron chi connectivity index (χ2n) is 12.6. The Bertz CT molecular complexity index is 1400. The topological polar surface area (TPSA) is 9.23 Å². The summed E-state index contributed by atoms with van der Waals surface area (Å²) in [7, 11) is 0. The SMILES string of the molecule is CCCCCC1CCC(C(F)(F)OC2CCC(c3ccc(-c4ccc(-c5cc(F)c(F)c(F)c5)c(F)c4)c(F)c3)CC2)CC1. The smallest absolute Gasteiger partial charge is 0.317 e. The molecule has 0 aromatic heterocycles. The fourth-order valence-electron chi connectivity index (χ4n) is 6.95. The van der Waals surface area contributed by atoms with Gasteiger partial charge < -0.3 is 4.74 Å². The normalized spacial score (nSPS) is 22.7. The van der Waals surface area contributed by atoms with Crippen LogP contribution < -0.4 is 0 Å². The maximum atomic E-state index is 15.2. The fraction of sp³-hybridized carbons (Fsp3) is 0.500. The van der Waals surface area contributed by atoms with Gasteiger partial charge in [-0.1, -0.05) is 56.9 Å². The molecule has 238 valence electrons. The number of hydrogen-bond acceptors (Lipinski definition) is 1. The number of rotatable bonds is 10. The number of hydrogen-bond donors (Lipinski definition) is 0. The quantitative estimate of drug-likeness (QED) is 0.124. The first kappa shape index (κ1) is 32.5. The molecule has 0 bridgehead atoms. The molecule has 2 aliphatic carbocycles. The fourth-order valence-corrected chi connectivity index (χ4v) is 6.95. The first-order valence-corrected chi connectivity index (χ1v) is 15.9. The lowest BCUT2D eigenvalue weighted by Crippen LogP contribution is -2.39. The van der Waals surface area contributed by atoms with E-state index in [4.69, 9.17) is 4.74 Å². The zero-order chi connectivity index (χ0) is 31.4. The van der Waals surface area contributed by atoms with E-state index in [1.54, 1.807) is 12.1 Å². The maximum absolute atomic E-state index is 15.2. The molecule has 8 heteroatoms. The molecule has 0 atom stereocenters. The van der Waals surface area contributed by atoms with Gasteiger partial charge in [0.05, 0.1) is 12.0 Å². The standard InChI is InChI=1S/C36H39F7O/c1-2-3-4-5-22-6-12-27(13-7-22)36(42,43)44-28-14-8-23(9-15-28)24-10-16-29(31(37)18-24)25-11-17-30(32(38)19-25)26-20-33(39)35(41)34(40)21-26/h10-11,16-23,27-28H,2-9,12-15H2,1H3. The van der Waals surface area contributed by atoms with E-state index in [1.165, 1.54) is 31.0 Å². The minimum Gasteiger partial charge on any atom is -0.317 e. The Balaban J connectivity index is 1.16. The third-order valence-electron chi connectivity index (χ3n) is 9.58. The Morgan fingerprint density at radius 2 is 1.25 bits per heavy atom. The minimum atomic E-state index is -3.14. The Kier molecular flexibility index (Phi) is 10.4. The van der Waals surface area contributed by atoms with Crippen LogP contribution in [0.5, 0.6) is 0 Å². The molecule has 0 saturated heterocycles. The van der Waals surface area contributed by atoms with Gasteiger partial charge in [0.25, 0.3) is 0 Å². The summed E-state index contributed by atoms with van der Waals surface area (Å²) in [5.74, 6) is -6.11. The number of benzene rings is 3. The maximum Gasteiger partial charge on any atom is 0.358 e. The van der Waals surface area contributed by atoms with Gasteiger partial charge in [-0.3, -0.25) is 0 Å². The molecule has 0 unspecified atom stereocenters. The molecule has 5 rings (SSSR count). The summed E-state index contributed by atoms with van der Waals surface area (Å²) in [5.41, 5.74) is 0.791. The average molecular weight is 621 g/mol. The van der Waals surface area contributed by atoms with Crippen molar-refractivity contribution in [3.8, 4) is 22.3 Å². The van der Waals surface area contributed by atoms with Gasteiger partial charge in [-0.2, -0.15) is 8.78 Å². The van der Waals surface area contributed by atoms with Crippen molar-refractivity contribution in [2.75, 3.05) is 0 Å². The van der Waals surface area contributed by atoms with Crippen molar-refractivity contribution in [2.24, 2.45) is 11.8 Å². The van der Waals surface area contributed by atoms with E-state index < -0.39 is 47.2 Å².